The number of fused-ring (bicyclic) bond motifs is 1. The second-order valence-electron chi connectivity index (χ2n) is 2.86. The first-order valence-corrected chi connectivity index (χ1v) is 5.16. The first kappa shape index (κ1) is 8.61. The van der Waals surface area contributed by atoms with Gasteiger partial charge >= 0.3 is 0 Å². The van der Waals surface area contributed by atoms with Gasteiger partial charge in [-0.05, 0) is 35.4 Å². The van der Waals surface area contributed by atoms with Crippen LogP contribution >= 0.6 is 24.0 Å². The van der Waals surface area contributed by atoms with Crippen LogP contribution in [0.5, 0.6) is 0 Å². The van der Waals surface area contributed by atoms with E-state index >= 15 is 0 Å². The molecule has 1 heterocycles. The summed E-state index contributed by atoms with van der Waals surface area (Å²) in [5.74, 6) is 0. The van der Waals surface area contributed by atoms with Gasteiger partial charge in [0.2, 0.25) is 0 Å². The fourth-order valence-electron chi connectivity index (χ4n) is 1.37. The molecule has 0 unspecified atom stereocenters. The molecule has 0 bridgehead atoms. The van der Waals surface area contributed by atoms with Crippen LogP contribution in [-0.4, -0.2) is 0 Å². The maximum absolute atomic E-state index is 8.85. The minimum atomic E-state index is 0.663. The van der Waals surface area contributed by atoms with Crippen molar-refractivity contribution in [2.75, 3.05) is 0 Å². The molecule has 2 aromatic rings. The quantitative estimate of drug-likeness (QED) is 0.655. The van der Waals surface area contributed by atoms with Gasteiger partial charge in [0, 0.05) is 9.60 Å². The molecule has 64 valence electrons. The molecule has 2 rings (SSSR count). The Morgan fingerprint density at radius 3 is 3.00 bits per heavy atom. The fraction of sp³-hybridized carbons (Fsp3) is 0.100. The second-order valence-corrected chi connectivity index (χ2v) is 4.23. The number of rotatable bonds is 0. The van der Waals surface area contributed by atoms with E-state index < -0.39 is 0 Å². The van der Waals surface area contributed by atoms with Crippen LogP contribution in [0.25, 0.3) is 10.1 Å². The molecule has 0 aliphatic heterocycles. The first-order chi connectivity index (χ1) is 6.24. The van der Waals surface area contributed by atoms with Crippen LogP contribution in [0.4, 0.5) is 0 Å². The highest BCUT2D eigenvalue weighted by Crippen LogP contribution is 2.32. The third-order valence-electron chi connectivity index (χ3n) is 2.04. The van der Waals surface area contributed by atoms with E-state index in [2.05, 4.69) is 24.8 Å². The van der Waals surface area contributed by atoms with Gasteiger partial charge in [0.15, 0.2) is 0 Å². The van der Waals surface area contributed by atoms with Crippen molar-refractivity contribution >= 4 is 34.1 Å². The van der Waals surface area contributed by atoms with E-state index in [0.29, 0.717) is 5.56 Å². The van der Waals surface area contributed by atoms with Crippen LogP contribution in [0.3, 0.4) is 0 Å². The van der Waals surface area contributed by atoms with Crippen molar-refractivity contribution < 1.29 is 0 Å². The second kappa shape index (κ2) is 3.06. The zero-order valence-electron chi connectivity index (χ0n) is 7.03. The summed E-state index contributed by atoms with van der Waals surface area (Å²) in [5, 5.41) is 12.1. The highest BCUT2D eigenvalue weighted by atomic mass is 32.1. The summed E-state index contributed by atoms with van der Waals surface area (Å²) in [7, 11) is 0. The van der Waals surface area contributed by atoms with Crippen molar-refractivity contribution in [2.24, 2.45) is 0 Å². The number of hydrogen-bond donors (Lipinski definition) is 1. The number of aryl methyl sites for hydroxylation is 1. The number of benzene rings is 1. The maximum Gasteiger partial charge on any atom is 0.100 e. The first-order valence-electron chi connectivity index (χ1n) is 3.84. The lowest BCUT2D eigenvalue weighted by atomic mass is 10.1. The number of nitriles is 1. The summed E-state index contributed by atoms with van der Waals surface area (Å²) >= 11 is 5.98. The summed E-state index contributed by atoms with van der Waals surface area (Å²) in [6.07, 6.45) is 0. The van der Waals surface area contributed by atoms with Gasteiger partial charge in [0.1, 0.15) is 6.07 Å². The Labute approximate surface area is 86.0 Å². The van der Waals surface area contributed by atoms with Crippen molar-refractivity contribution in [1.29, 1.82) is 5.26 Å². The Morgan fingerprint density at radius 1 is 1.54 bits per heavy atom. The summed E-state index contributed by atoms with van der Waals surface area (Å²) in [5.41, 5.74) is 1.81. The predicted octanol–water partition coefficient (Wildman–Crippen LogP) is 3.37. The number of hydrogen-bond acceptors (Lipinski definition) is 3. The highest BCUT2D eigenvalue weighted by molar-refractivity contribution is 7.80. The van der Waals surface area contributed by atoms with Crippen LogP contribution in [0, 0.1) is 18.3 Å². The van der Waals surface area contributed by atoms with Gasteiger partial charge in [-0.3, -0.25) is 0 Å². The summed E-state index contributed by atoms with van der Waals surface area (Å²) in [6.45, 7) is 2.02. The van der Waals surface area contributed by atoms with Gasteiger partial charge in [0.05, 0.1) is 5.56 Å². The molecule has 0 spiro atoms. The van der Waals surface area contributed by atoms with E-state index in [4.69, 9.17) is 5.26 Å². The normalized spacial score (nSPS) is 10.2. The molecular formula is C10H7NS2. The molecule has 0 saturated carbocycles. The molecule has 0 fully saturated rings. The van der Waals surface area contributed by atoms with E-state index in [0.717, 1.165) is 15.2 Å². The Balaban J connectivity index is 2.95. The van der Waals surface area contributed by atoms with Crippen molar-refractivity contribution in [3.8, 4) is 6.07 Å². The average Bonchev–Trinajstić information content (AvgIpc) is 2.60. The highest BCUT2D eigenvalue weighted by Gasteiger charge is 2.07. The SMILES string of the molecule is Cc1cc(C#N)c(S)c2sccc12. The van der Waals surface area contributed by atoms with Crippen molar-refractivity contribution in [2.45, 2.75) is 11.8 Å². The van der Waals surface area contributed by atoms with Crippen molar-refractivity contribution in [3.63, 3.8) is 0 Å². The standard InChI is InChI=1S/C10H7NS2/c1-6-4-7(5-11)9(12)10-8(6)2-3-13-10/h2-4,12H,1H3. The smallest absolute Gasteiger partial charge is 0.100 e. The zero-order valence-corrected chi connectivity index (χ0v) is 8.75. The number of thiophene rings is 1. The van der Waals surface area contributed by atoms with Crippen molar-refractivity contribution in [3.05, 3.63) is 28.6 Å². The summed E-state index contributed by atoms with van der Waals surface area (Å²) in [4.78, 5) is 0.804. The maximum atomic E-state index is 8.85. The van der Waals surface area contributed by atoms with Gasteiger partial charge in [0.25, 0.3) is 0 Å². The van der Waals surface area contributed by atoms with E-state index in [1.165, 1.54) is 5.39 Å². The molecule has 3 heteroatoms. The van der Waals surface area contributed by atoms with Gasteiger partial charge in [-0.25, -0.2) is 0 Å². The van der Waals surface area contributed by atoms with Crippen LogP contribution < -0.4 is 0 Å². The third kappa shape index (κ3) is 1.23. The number of thiol groups is 1. The average molecular weight is 205 g/mol. The molecule has 0 amide bonds. The van der Waals surface area contributed by atoms with Gasteiger partial charge in [-0.15, -0.1) is 24.0 Å². The minimum absolute atomic E-state index is 0.663. The molecule has 0 saturated heterocycles. The van der Waals surface area contributed by atoms with E-state index in [9.17, 15) is 0 Å². The Morgan fingerprint density at radius 2 is 2.31 bits per heavy atom. The van der Waals surface area contributed by atoms with Crippen LogP contribution in [-0.2, 0) is 0 Å². The fourth-order valence-corrected chi connectivity index (χ4v) is 2.68. The van der Waals surface area contributed by atoms with Gasteiger partial charge in [-0.1, -0.05) is 0 Å². The molecule has 0 radical (unpaired) electrons. The molecule has 0 aliphatic carbocycles. The van der Waals surface area contributed by atoms with Gasteiger partial charge in [-0.2, -0.15) is 5.26 Å². The third-order valence-corrected chi connectivity index (χ3v) is 3.59. The molecule has 1 aromatic carbocycles. The van der Waals surface area contributed by atoms with Crippen LogP contribution in [0.2, 0.25) is 0 Å². The Bertz CT molecular complexity index is 505. The zero-order chi connectivity index (χ0) is 9.42. The molecule has 1 aromatic heterocycles. The molecule has 0 atom stereocenters. The largest absolute Gasteiger partial charge is 0.192 e. The molecule has 0 N–H and O–H groups in total. The van der Waals surface area contributed by atoms with Gasteiger partial charge < -0.3 is 0 Å². The molecule has 13 heavy (non-hydrogen) atoms. The molecule has 0 aliphatic rings. The Kier molecular flexibility index (Phi) is 2.03. The summed E-state index contributed by atoms with van der Waals surface area (Å²) in [6, 6.07) is 6.10. The number of nitrogens with zero attached hydrogens (tertiary/aromatic N) is 1. The topological polar surface area (TPSA) is 23.8 Å². The summed E-state index contributed by atoms with van der Waals surface area (Å²) < 4.78 is 1.11. The lowest BCUT2D eigenvalue weighted by Gasteiger charge is -2.01. The van der Waals surface area contributed by atoms with E-state index in [-0.39, 0.29) is 0 Å². The lowest BCUT2D eigenvalue weighted by Crippen LogP contribution is -1.81. The van der Waals surface area contributed by atoms with Crippen molar-refractivity contribution in [1.82, 2.24) is 0 Å². The lowest BCUT2D eigenvalue weighted by molar-refractivity contribution is 1.40. The van der Waals surface area contributed by atoms with Crippen LogP contribution in [0.1, 0.15) is 11.1 Å². The minimum Gasteiger partial charge on any atom is -0.192 e. The van der Waals surface area contributed by atoms with E-state index in [1.54, 1.807) is 11.3 Å². The molecular weight excluding hydrogens is 198 g/mol. The predicted molar refractivity (Wildman–Crippen MR) is 58.5 cm³/mol. The molecule has 1 nitrogen and oxygen atoms in total. The van der Waals surface area contributed by atoms with E-state index in [1.807, 2.05) is 18.4 Å². The monoisotopic (exact) mass is 205 g/mol. The van der Waals surface area contributed by atoms with Crippen LogP contribution in [0.15, 0.2) is 22.4 Å². The Hall–Kier alpha value is -0.980.